The fraction of sp³-hybridized carbons (Fsp3) is 0.240. The topological polar surface area (TPSA) is 87.6 Å². The van der Waals surface area contributed by atoms with Gasteiger partial charge in [0.15, 0.2) is 5.78 Å². The van der Waals surface area contributed by atoms with Crippen LogP contribution in [-0.4, -0.2) is 19.0 Å². The van der Waals surface area contributed by atoms with Crippen molar-refractivity contribution in [2.75, 3.05) is 24.7 Å². The second kappa shape index (κ2) is 10.9. The molecular weight excluding hydrogens is 376 g/mol. The van der Waals surface area contributed by atoms with Crippen molar-refractivity contribution >= 4 is 17.2 Å². The number of nitrogens with two attached hydrogens (primary N) is 2. The van der Waals surface area contributed by atoms with Crippen molar-refractivity contribution in [3.05, 3.63) is 83.9 Å². The largest absolute Gasteiger partial charge is 0.494 e. The zero-order valence-electron chi connectivity index (χ0n) is 17.1. The first-order valence-corrected chi connectivity index (χ1v) is 10.2. The second-order valence-electron chi connectivity index (χ2n) is 7.13. The van der Waals surface area contributed by atoms with Crippen LogP contribution in [0.2, 0.25) is 0 Å². The van der Waals surface area contributed by atoms with E-state index in [1.54, 1.807) is 18.2 Å². The molecule has 0 fully saturated rings. The van der Waals surface area contributed by atoms with Gasteiger partial charge in [-0.05, 0) is 68.1 Å². The lowest BCUT2D eigenvalue weighted by atomic mass is 10.0. The lowest BCUT2D eigenvalue weighted by Crippen LogP contribution is -2.02. The van der Waals surface area contributed by atoms with Gasteiger partial charge in [0, 0.05) is 16.8 Å². The molecule has 0 aliphatic carbocycles. The van der Waals surface area contributed by atoms with E-state index >= 15 is 0 Å². The molecule has 3 aromatic carbocycles. The highest BCUT2D eigenvalue weighted by molar-refractivity contribution is 6.08. The Kier molecular flexibility index (Phi) is 7.72. The molecule has 5 heteroatoms. The summed E-state index contributed by atoms with van der Waals surface area (Å²) in [6, 6.07) is 21.9. The Hall–Kier alpha value is -3.47. The van der Waals surface area contributed by atoms with E-state index in [9.17, 15) is 4.79 Å². The first-order valence-electron chi connectivity index (χ1n) is 10.2. The Labute approximate surface area is 177 Å². The van der Waals surface area contributed by atoms with Crippen LogP contribution in [0.1, 0.15) is 41.6 Å². The lowest BCUT2D eigenvalue weighted by molar-refractivity contribution is 0.103. The molecule has 5 nitrogen and oxygen atoms in total. The molecule has 0 saturated carbocycles. The van der Waals surface area contributed by atoms with Gasteiger partial charge in [0.2, 0.25) is 0 Å². The van der Waals surface area contributed by atoms with E-state index in [4.69, 9.17) is 20.9 Å². The third-order valence-corrected chi connectivity index (χ3v) is 4.75. The van der Waals surface area contributed by atoms with Crippen LogP contribution in [0.3, 0.4) is 0 Å². The number of carbonyl (C=O) groups excluding carboxylic acids is 1. The SMILES string of the molecule is Nc1ccc(OCCCCCCOc2ccc(C(=O)c3ccccc3)cc2)c(N)c1. The molecule has 0 radical (unpaired) electrons. The maximum absolute atomic E-state index is 12.4. The summed E-state index contributed by atoms with van der Waals surface area (Å²) in [7, 11) is 0. The average Bonchev–Trinajstić information content (AvgIpc) is 2.77. The number of benzene rings is 3. The van der Waals surface area contributed by atoms with Gasteiger partial charge < -0.3 is 20.9 Å². The maximum atomic E-state index is 12.4. The number of carbonyl (C=O) groups is 1. The summed E-state index contributed by atoms with van der Waals surface area (Å²) in [4.78, 5) is 12.4. The van der Waals surface area contributed by atoms with Crippen molar-refractivity contribution in [1.29, 1.82) is 0 Å². The van der Waals surface area contributed by atoms with Crippen molar-refractivity contribution in [2.24, 2.45) is 0 Å². The number of unbranched alkanes of at least 4 members (excludes halogenated alkanes) is 3. The van der Waals surface area contributed by atoms with E-state index in [-0.39, 0.29) is 5.78 Å². The number of ketones is 1. The van der Waals surface area contributed by atoms with Gasteiger partial charge >= 0.3 is 0 Å². The fourth-order valence-electron chi connectivity index (χ4n) is 3.09. The Morgan fingerprint density at radius 2 is 1.33 bits per heavy atom. The number of hydrogen-bond acceptors (Lipinski definition) is 5. The second-order valence-corrected chi connectivity index (χ2v) is 7.13. The lowest BCUT2D eigenvalue weighted by Gasteiger charge is -2.09. The van der Waals surface area contributed by atoms with Gasteiger partial charge in [0.25, 0.3) is 0 Å². The summed E-state index contributed by atoms with van der Waals surface area (Å²) in [6.45, 7) is 1.28. The van der Waals surface area contributed by atoms with E-state index in [0.717, 1.165) is 31.4 Å². The Morgan fingerprint density at radius 1 is 0.700 bits per heavy atom. The molecule has 4 N–H and O–H groups in total. The average molecular weight is 405 g/mol. The van der Waals surface area contributed by atoms with Gasteiger partial charge in [-0.15, -0.1) is 0 Å². The highest BCUT2D eigenvalue weighted by Crippen LogP contribution is 2.23. The molecule has 0 unspecified atom stereocenters. The van der Waals surface area contributed by atoms with Crippen LogP contribution < -0.4 is 20.9 Å². The Balaban J connectivity index is 1.30. The Morgan fingerprint density at radius 3 is 2.00 bits per heavy atom. The molecule has 156 valence electrons. The summed E-state index contributed by atoms with van der Waals surface area (Å²) >= 11 is 0. The monoisotopic (exact) mass is 404 g/mol. The minimum absolute atomic E-state index is 0.0186. The van der Waals surface area contributed by atoms with Crippen LogP contribution in [0, 0.1) is 0 Å². The molecular formula is C25H28N2O3. The molecule has 0 aliphatic heterocycles. The normalized spacial score (nSPS) is 10.5. The molecule has 0 spiro atoms. The van der Waals surface area contributed by atoms with Crippen molar-refractivity contribution in [3.8, 4) is 11.5 Å². The van der Waals surface area contributed by atoms with Crippen LogP contribution in [0.25, 0.3) is 0 Å². The third-order valence-electron chi connectivity index (χ3n) is 4.75. The van der Waals surface area contributed by atoms with Crippen LogP contribution >= 0.6 is 0 Å². The van der Waals surface area contributed by atoms with E-state index in [2.05, 4.69) is 0 Å². The van der Waals surface area contributed by atoms with E-state index in [1.165, 1.54) is 0 Å². The van der Waals surface area contributed by atoms with Crippen molar-refractivity contribution < 1.29 is 14.3 Å². The summed E-state index contributed by atoms with van der Waals surface area (Å²) < 4.78 is 11.5. The van der Waals surface area contributed by atoms with Crippen LogP contribution in [-0.2, 0) is 0 Å². The summed E-state index contributed by atoms with van der Waals surface area (Å²) in [6.07, 6.45) is 4.04. The molecule has 3 rings (SSSR count). The third kappa shape index (κ3) is 6.27. The molecule has 3 aromatic rings. The van der Waals surface area contributed by atoms with E-state index in [1.807, 2.05) is 54.6 Å². The quantitative estimate of drug-likeness (QED) is 0.264. The zero-order chi connectivity index (χ0) is 21.2. The number of hydrogen-bond donors (Lipinski definition) is 2. The van der Waals surface area contributed by atoms with Crippen LogP contribution in [0.15, 0.2) is 72.8 Å². The summed E-state index contributed by atoms with van der Waals surface area (Å²) in [5.41, 5.74) is 14.1. The Bertz CT molecular complexity index is 940. The molecule has 0 aliphatic rings. The van der Waals surface area contributed by atoms with Gasteiger partial charge in [-0.2, -0.15) is 0 Å². The predicted octanol–water partition coefficient (Wildman–Crippen LogP) is 5.10. The number of anilines is 2. The smallest absolute Gasteiger partial charge is 0.193 e. The highest BCUT2D eigenvalue weighted by atomic mass is 16.5. The molecule has 0 amide bonds. The van der Waals surface area contributed by atoms with Crippen LogP contribution in [0.4, 0.5) is 11.4 Å². The van der Waals surface area contributed by atoms with Crippen molar-refractivity contribution in [3.63, 3.8) is 0 Å². The fourth-order valence-corrected chi connectivity index (χ4v) is 3.09. The maximum Gasteiger partial charge on any atom is 0.193 e. The zero-order valence-corrected chi connectivity index (χ0v) is 17.1. The molecule has 0 bridgehead atoms. The molecule has 0 saturated heterocycles. The van der Waals surface area contributed by atoms with Crippen molar-refractivity contribution in [2.45, 2.75) is 25.7 Å². The predicted molar refractivity (Wildman–Crippen MR) is 121 cm³/mol. The molecule has 30 heavy (non-hydrogen) atoms. The van der Waals surface area contributed by atoms with E-state index in [0.29, 0.717) is 41.5 Å². The van der Waals surface area contributed by atoms with Gasteiger partial charge in [0.1, 0.15) is 11.5 Å². The summed E-state index contributed by atoms with van der Waals surface area (Å²) in [5, 5.41) is 0. The first kappa shape index (κ1) is 21.2. The standard InChI is InChI=1S/C25H28N2O3/c26-21-12-15-24(23(27)18-21)30-17-7-2-1-6-16-29-22-13-10-20(11-14-22)25(28)19-8-4-3-5-9-19/h3-5,8-15,18H,1-2,6-7,16-17,26-27H2. The number of ether oxygens (including phenoxy) is 2. The number of nitrogen functional groups attached to an aromatic ring is 2. The highest BCUT2D eigenvalue weighted by Gasteiger charge is 2.08. The molecule has 0 heterocycles. The van der Waals surface area contributed by atoms with E-state index < -0.39 is 0 Å². The van der Waals surface area contributed by atoms with Gasteiger partial charge in [-0.3, -0.25) is 4.79 Å². The van der Waals surface area contributed by atoms with Gasteiger partial charge in [-0.1, -0.05) is 30.3 Å². The van der Waals surface area contributed by atoms with Gasteiger partial charge in [0.05, 0.1) is 18.9 Å². The minimum Gasteiger partial charge on any atom is -0.494 e. The molecule has 0 atom stereocenters. The number of rotatable bonds is 11. The molecule has 0 aromatic heterocycles. The van der Waals surface area contributed by atoms with Gasteiger partial charge in [-0.25, -0.2) is 0 Å². The van der Waals surface area contributed by atoms with Crippen LogP contribution in [0.5, 0.6) is 11.5 Å². The first-order chi connectivity index (χ1) is 14.6. The minimum atomic E-state index is 0.0186. The van der Waals surface area contributed by atoms with Crippen molar-refractivity contribution in [1.82, 2.24) is 0 Å². The summed E-state index contributed by atoms with van der Waals surface area (Å²) in [5.74, 6) is 1.48.